The summed E-state index contributed by atoms with van der Waals surface area (Å²) in [5.74, 6) is -4.80. The van der Waals surface area contributed by atoms with Gasteiger partial charge in [-0.3, -0.25) is 29.0 Å². The summed E-state index contributed by atoms with van der Waals surface area (Å²) in [7, 11) is -0.173. The van der Waals surface area contributed by atoms with Gasteiger partial charge in [0.1, 0.15) is 5.69 Å². The molecule has 0 aliphatic carbocycles. The molecule has 40 heavy (non-hydrogen) atoms. The van der Waals surface area contributed by atoms with Gasteiger partial charge in [-0.1, -0.05) is 44.2 Å². The molecule has 1 amide bonds. The minimum Gasteiger partial charge on any atom is -0.507 e. The van der Waals surface area contributed by atoms with Gasteiger partial charge in [0.2, 0.25) is 0 Å². The number of hydrogen-bond donors (Lipinski definition) is 2. The largest absolute Gasteiger partial charge is 0.531 e. The Morgan fingerprint density at radius 2 is 1.85 bits per heavy atom. The average Bonchev–Trinajstić information content (AvgIpc) is 3.22. The summed E-state index contributed by atoms with van der Waals surface area (Å²) in [6, 6.07) is 8.17. The van der Waals surface area contributed by atoms with Gasteiger partial charge in [0.15, 0.2) is 11.4 Å². The van der Waals surface area contributed by atoms with Crippen LogP contribution < -0.4 is 5.32 Å². The average molecular weight is 553 g/mol. The lowest BCUT2D eigenvalue weighted by Gasteiger charge is -2.25. The summed E-state index contributed by atoms with van der Waals surface area (Å²) >= 11 is 0. The van der Waals surface area contributed by atoms with E-state index >= 15 is 0 Å². The van der Waals surface area contributed by atoms with E-state index < -0.39 is 61.2 Å². The number of carbonyl (C=O) groups is 5. The second-order valence-corrected chi connectivity index (χ2v) is 10.1. The summed E-state index contributed by atoms with van der Waals surface area (Å²) in [4.78, 5) is 70.9. The van der Waals surface area contributed by atoms with Crippen molar-refractivity contribution >= 4 is 36.7 Å². The second-order valence-electron chi connectivity index (χ2n) is 10.1. The minimum atomic E-state index is -2.08. The van der Waals surface area contributed by atoms with Crippen molar-refractivity contribution in [2.24, 2.45) is 5.92 Å². The van der Waals surface area contributed by atoms with Crippen molar-refractivity contribution in [3.05, 3.63) is 60.2 Å². The molecule has 0 unspecified atom stereocenters. The van der Waals surface area contributed by atoms with Gasteiger partial charge in [-0.25, -0.2) is 4.98 Å². The third-order valence-electron chi connectivity index (χ3n) is 6.43. The zero-order valence-corrected chi connectivity index (χ0v) is 22.6. The normalized spacial score (nSPS) is 18.1. The van der Waals surface area contributed by atoms with E-state index in [1.165, 1.54) is 18.6 Å². The van der Waals surface area contributed by atoms with Crippen LogP contribution in [0.5, 0.6) is 0 Å². The van der Waals surface area contributed by atoms with Crippen molar-refractivity contribution in [2.75, 3.05) is 7.11 Å². The first-order valence-corrected chi connectivity index (χ1v) is 12.8. The quantitative estimate of drug-likeness (QED) is 0.259. The first-order valence-electron chi connectivity index (χ1n) is 12.8. The van der Waals surface area contributed by atoms with E-state index in [0.29, 0.717) is 6.42 Å². The van der Waals surface area contributed by atoms with Gasteiger partial charge >= 0.3 is 25.0 Å². The molecule has 212 valence electrons. The van der Waals surface area contributed by atoms with Gasteiger partial charge in [0.05, 0.1) is 32.2 Å². The van der Waals surface area contributed by atoms with Crippen molar-refractivity contribution in [2.45, 2.75) is 63.4 Å². The Morgan fingerprint density at radius 1 is 1.12 bits per heavy atom. The number of carboxylic acids is 1. The number of rotatable bonds is 14. The summed E-state index contributed by atoms with van der Waals surface area (Å²) in [6.45, 7) is 3.81. The van der Waals surface area contributed by atoms with Crippen molar-refractivity contribution < 1.29 is 43.1 Å². The number of aliphatic carboxylic acids is 1. The van der Waals surface area contributed by atoms with Crippen molar-refractivity contribution in [3.8, 4) is 0 Å². The summed E-state index contributed by atoms with van der Waals surface area (Å²) < 4.78 is 15.9. The zero-order valence-electron chi connectivity index (χ0n) is 22.6. The monoisotopic (exact) mass is 553 g/mol. The van der Waals surface area contributed by atoms with Crippen LogP contribution in [0, 0.1) is 5.92 Å². The number of esters is 1. The minimum absolute atomic E-state index is 0.0388. The van der Waals surface area contributed by atoms with Crippen LogP contribution in [-0.4, -0.2) is 70.5 Å². The van der Waals surface area contributed by atoms with E-state index in [9.17, 15) is 29.1 Å². The topological polar surface area (TPSA) is 171 Å². The van der Waals surface area contributed by atoms with Crippen molar-refractivity contribution in [1.82, 2.24) is 15.3 Å². The maximum Gasteiger partial charge on any atom is 0.531 e. The molecule has 3 atom stereocenters. The lowest BCUT2D eigenvalue weighted by Crippen LogP contribution is -2.44. The van der Waals surface area contributed by atoms with Crippen LogP contribution in [0.3, 0.4) is 0 Å². The molecule has 0 radical (unpaired) electrons. The van der Waals surface area contributed by atoms with Crippen LogP contribution in [0.25, 0.3) is 0 Å². The highest BCUT2D eigenvalue weighted by molar-refractivity contribution is 6.51. The highest BCUT2D eigenvalue weighted by Gasteiger charge is 2.57. The third kappa shape index (κ3) is 8.19. The summed E-state index contributed by atoms with van der Waals surface area (Å²) in [6.07, 6.45) is 3.02. The van der Waals surface area contributed by atoms with Crippen LogP contribution in [-0.2, 0) is 39.6 Å². The molecule has 2 heterocycles. The number of aromatic nitrogens is 2. The molecule has 0 bridgehead atoms. The van der Waals surface area contributed by atoms with Crippen LogP contribution >= 0.6 is 0 Å². The molecule has 13 heteroatoms. The molecule has 1 fully saturated rings. The van der Waals surface area contributed by atoms with Gasteiger partial charge < -0.3 is 24.5 Å². The molecule has 1 aliphatic rings. The number of ketones is 1. The molecule has 1 saturated heterocycles. The highest BCUT2D eigenvalue weighted by Crippen LogP contribution is 2.38. The standard InChI is InChI=1S/C27H32BN3O9/c1-17(2)11-19(28-39-26(37)27(40-28,14-23(33)34)15-24(35)38-3)13-22(32)20(12-18-7-5-4-6-8-18)31-25(36)21-16-29-9-10-30-21/h4-10,16-17,19-20H,11-15H2,1-3H3,(H,31,36)(H,33,34)/t19-,20+,27-/m1/s1. The number of carbonyl (C=O) groups excluding carboxylic acids is 4. The highest BCUT2D eigenvalue weighted by atomic mass is 16.7. The fourth-order valence-corrected chi connectivity index (χ4v) is 4.58. The fourth-order valence-electron chi connectivity index (χ4n) is 4.58. The number of nitrogens with one attached hydrogen (secondary N) is 1. The fraction of sp³-hybridized carbons (Fsp3) is 0.444. The summed E-state index contributed by atoms with van der Waals surface area (Å²) in [5.41, 5.74) is -1.23. The van der Waals surface area contributed by atoms with E-state index in [0.717, 1.165) is 12.7 Å². The van der Waals surface area contributed by atoms with E-state index in [1.807, 2.05) is 44.2 Å². The molecule has 1 aliphatic heterocycles. The van der Waals surface area contributed by atoms with Gasteiger partial charge in [-0.15, -0.1) is 0 Å². The molecule has 0 spiro atoms. The Kier molecular flexibility index (Phi) is 10.5. The van der Waals surface area contributed by atoms with Gasteiger partial charge in [0.25, 0.3) is 5.91 Å². The Balaban J connectivity index is 1.85. The number of methoxy groups -OCH3 is 1. The van der Waals surface area contributed by atoms with E-state index in [4.69, 9.17) is 9.31 Å². The molecule has 1 aromatic heterocycles. The third-order valence-corrected chi connectivity index (χ3v) is 6.43. The maximum atomic E-state index is 13.7. The van der Waals surface area contributed by atoms with Crippen LogP contribution in [0.1, 0.15) is 55.6 Å². The van der Waals surface area contributed by atoms with E-state index in [2.05, 4.69) is 20.0 Å². The van der Waals surface area contributed by atoms with Crippen LogP contribution in [0.2, 0.25) is 5.82 Å². The molecular weight excluding hydrogens is 521 g/mol. The van der Waals surface area contributed by atoms with Gasteiger partial charge in [-0.05, 0) is 24.3 Å². The SMILES string of the molecule is COC(=O)C[C@@]1(CC(=O)O)OB([C@@H](CC(=O)[C@H](Cc2ccccc2)NC(=O)c2cnccn2)CC(C)C)OC1=O. The Hall–Kier alpha value is -4.13. The van der Waals surface area contributed by atoms with Crippen molar-refractivity contribution in [1.29, 1.82) is 0 Å². The number of nitrogens with zero attached hydrogens (tertiary/aromatic N) is 2. The molecule has 3 rings (SSSR count). The van der Waals surface area contributed by atoms with Gasteiger partial charge in [-0.2, -0.15) is 0 Å². The second kappa shape index (κ2) is 13.8. The molecule has 0 saturated carbocycles. The zero-order chi connectivity index (χ0) is 29.3. The molecule has 12 nitrogen and oxygen atoms in total. The smallest absolute Gasteiger partial charge is 0.507 e. The number of hydrogen-bond acceptors (Lipinski definition) is 10. The molecular formula is C27H32BN3O9. The number of Topliss-reactive ketones (excluding diaryl/α,β-unsaturated/α-hetero) is 1. The molecule has 2 aromatic rings. The molecule has 1 aromatic carbocycles. The van der Waals surface area contributed by atoms with Crippen LogP contribution in [0.4, 0.5) is 0 Å². The number of benzene rings is 1. The Morgan fingerprint density at radius 3 is 2.45 bits per heavy atom. The maximum absolute atomic E-state index is 13.7. The predicted octanol–water partition coefficient (Wildman–Crippen LogP) is 2.03. The van der Waals surface area contributed by atoms with E-state index in [1.54, 1.807) is 0 Å². The Labute approximate surface area is 232 Å². The van der Waals surface area contributed by atoms with Crippen molar-refractivity contribution in [3.63, 3.8) is 0 Å². The predicted molar refractivity (Wildman–Crippen MR) is 141 cm³/mol. The summed E-state index contributed by atoms with van der Waals surface area (Å²) in [5, 5.41) is 12.1. The first kappa shape index (κ1) is 30.4. The number of amides is 1. The van der Waals surface area contributed by atoms with Gasteiger partial charge in [0, 0.05) is 24.6 Å². The van der Waals surface area contributed by atoms with Crippen LogP contribution in [0.15, 0.2) is 48.9 Å². The number of ether oxygens (including phenoxy) is 1. The van der Waals surface area contributed by atoms with E-state index in [-0.39, 0.29) is 30.2 Å². The first-order chi connectivity index (χ1) is 19.0. The lowest BCUT2D eigenvalue weighted by atomic mass is 9.65. The molecule has 2 N–H and O–H groups in total. The lowest BCUT2D eigenvalue weighted by molar-refractivity contribution is -0.159. The number of carboxylic acid groups (broad SMARTS) is 1. The Bertz CT molecular complexity index is 1210.